The molecule has 0 saturated heterocycles. The molecule has 0 unspecified atom stereocenters. The molecule has 0 aliphatic carbocycles. The third kappa shape index (κ3) is 4.45. The number of fused-ring (bicyclic) bond motifs is 1. The Morgan fingerprint density at radius 3 is 2.34 bits per heavy atom. The number of nitrogens with zero attached hydrogens (tertiary/aromatic N) is 2. The van der Waals surface area contributed by atoms with Crippen molar-refractivity contribution in [2.24, 2.45) is 0 Å². The van der Waals surface area contributed by atoms with Gasteiger partial charge in [-0.2, -0.15) is 0 Å². The molecule has 0 spiro atoms. The van der Waals surface area contributed by atoms with E-state index in [2.05, 4.69) is 26.7 Å². The van der Waals surface area contributed by atoms with Gasteiger partial charge in [0.05, 0.1) is 0 Å². The summed E-state index contributed by atoms with van der Waals surface area (Å²) in [7, 11) is 0. The van der Waals surface area contributed by atoms with Crippen LogP contribution in [0, 0.1) is 20.8 Å². The number of anilines is 3. The third-order valence-electron chi connectivity index (χ3n) is 4.36. The number of rotatable bonds is 4. The Bertz CT molecular complexity index is 1060. The van der Waals surface area contributed by atoms with E-state index in [0.717, 1.165) is 22.5 Å². The summed E-state index contributed by atoms with van der Waals surface area (Å²) in [6.45, 7) is 6.86. The number of nitrogens with one attached hydrogen (secondary N) is 2. The molecule has 1 amide bonds. The Kier molecular flexibility index (Phi) is 5.03. The monoisotopic (exact) mass is 390 g/mol. The van der Waals surface area contributed by atoms with E-state index in [1.54, 1.807) is 6.07 Å². The molecule has 0 fully saturated rings. The number of hydrogen-bond donors (Lipinski definition) is 2. The van der Waals surface area contributed by atoms with Crippen LogP contribution >= 0.6 is 0 Å². The molecule has 2 N–H and O–H groups in total. The van der Waals surface area contributed by atoms with Crippen LogP contribution < -0.4 is 20.1 Å². The summed E-state index contributed by atoms with van der Waals surface area (Å²) in [4.78, 5) is 21.5. The number of aryl methyl sites for hydroxylation is 3. The van der Waals surface area contributed by atoms with Crippen molar-refractivity contribution in [2.45, 2.75) is 20.8 Å². The minimum atomic E-state index is -0.286. The zero-order chi connectivity index (χ0) is 20.4. The largest absolute Gasteiger partial charge is 0.486 e. The van der Waals surface area contributed by atoms with Crippen LogP contribution in [0.4, 0.5) is 17.3 Å². The number of benzene rings is 2. The lowest BCUT2D eigenvalue weighted by Crippen LogP contribution is -2.16. The molecule has 2 heterocycles. The van der Waals surface area contributed by atoms with Crippen LogP contribution in [0.5, 0.6) is 11.5 Å². The van der Waals surface area contributed by atoms with Gasteiger partial charge in [-0.3, -0.25) is 4.79 Å². The standard InChI is InChI=1S/C22H22N4O3/c1-13-8-14(2)10-17(9-13)24-21(27)18-11-15(3)23-22(26-18)25-16-4-5-19-20(12-16)29-7-6-28-19/h4-5,8-12H,6-7H2,1-3H3,(H,24,27)(H,23,25,26). The molecule has 1 aliphatic heterocycles. The summed E-state index contributed by atoms with van der Waals surface area (Å²) in [6, 6.07) is 13.1. The Labute approximate surface area is 169 Å². The summed E-state index contributed by atoms with van der Waals surface area (Å²) >= 11 is 0. The SMILES string of the molecule is Cc1cc(C)cc(NC(=O)c2cc(C)nc(Nc3ccc4c(c3)OCCO4)n2)c1. The van der Waals surface area contributed by atoms with Gasteiger partial charge in [-0.15, -0.1) is 0 Å². The molecule has 1 aromatic heterocycles. The predicted octanol–water partition coefficient (Wildman–Crippen LogP) is 4.17. The highest BCUT2D eigenvalue weighted by atomic mass is 16.6. The molecule has 4 rings (SSSR count). The van der Waals surface area contributed by atoms with E-state index in [1.165, 1.54) is 0 Å². The van der Waals surface area contributed by atoms with Crippen LogP contribution in [0.25, 0.3) is 0 Å². The maximum Gasteiger partial charge on any atom is 0.274 e. The number of amides is 1. The highest BCUT2D eigenvalue weighted by Crippen LogP contribution is 2.33. The average molecular weight is 390 g/mol. The molecule has 29 heavy (non-hydrogen) atoms. The summed E-state index contributed by atoms with van der Waals surface area (Å²) < 4.78 is 11.1. The number of hydrogen-bond acceptors (Lipinski definition) is 6. The van der Waals surface area contributed by atoms with Crippen molar-refractivity contribution >= 4 is 23.2 Å². The van der Waals surface area contributed by atoms with Gasteiger partial charge >= 0.3 is 0 Å². The number of aromatic nitrogens is 2. The Hall–Kier alpha value is -3.61. The van der Waals surface area contributed by atoms with Gasteiger partial charge in [0.2, 0.25) is 5.95 Å². The second-order valence-corrected chi connectivity index (χ2v) is 7.03. The molecule has 7 nitrogen and oxygen atoms in total. The minimum absolute atomic E-state index is 0.286. The van der Waals surface area contributed by atoms with Crippen molar-refractivity contribution in [3.8, 4) is 11.5 Å². The van der Waals surface area contributed by atoms with Gasteiger partial charge in [0, 0.05) is 23.1 Å². The Morgan fingerprint density at radius 1 is 0.862 bits per heavy atom. The van der Waals surface area contributed by atoms with E-state index in [9.17, 15) is 4.79 Å². The van der Waals surface area contributed by atoms with Crippen molar-refractivity contribution < 1.29 is 14.3 Å². The molecule has 7 heteroatoms. The van der Waals surface area contributed by atoms with E-state index >= 15 is 0 Å². The maximum absolute atomic E-state index is 12.7. The lowest BCUT2D eigenvalue weighted by Gasteiger charge is -2.19. The zero-order valence-corrected chi connectivity index (χ0v) is 16.6. The normalized spacial score (nSPS) is 12.4. The fourth-order valence-electron chi connectivity index (χ4n) is 3.23. The van der Waals surface area contributed by atoms with E-state index in [0.29, 0.717) is 36.4 Å². The average Bonchev–Trinajstić information content (AvgIpc) is 2.66. The molecule has 0 atom stereocenters. The number of carbonyl (C=O) groups excluding carboxylic acids is 1. The third-order valence-corrected chi connectivity index (χ3v) is 4.36. The first-order valence-corrected chi connectivity index (χ1v) is 9.38. The molecule has 0 bridgehead atoms. The first-order chi connectivity index (χ1) is 14.0. The topological polar surface area (TPSA) is 85.4 Å². The Balaban J connectivity index is 1.55. The van der Waals surface area contributed by atoms with Gasteiger partial charge in [-0.1, -0.05) is 6.07 Å². The first kappa shape index (κ1) is 18.7. The van der Waals surface area contributed by atoms with Gasteiger partial charge < -0.3 is 20.1 Å². The molecule has 3 aromatic rings. The van der Waals surface area contributed by atoms with Gasteiger partial charge in [0.25, 0.3) is 5.91 Å². The molecule has 2 aromatic carbocycles. The van der Waals surface area contributed by atoms with Gasteiger partial charge in [-0.25, -0.2) is 9.97 Å². The first-order valence-electron chi connectivity index (χ1n) is 9.38. The van der Waals surface area contributed by atoms with E-state index in [1.807, 2.05) is 51.1 Å². The van der Waals surface area contributed by atoms with Crippen molar-refractivity contribution in [1.29, 1.82) is 0 Å². The van der Waals surface area contributed by atoms with Gasteiger partial charge in [0.1, 0.15) is 18.9 Å². The second-order valence-electron chi connectivity index (χ2n) is 7.03. The number of ether oxygens (including phenoxy) is 2. The summed E-state index contributed by atoms with van der Waals surface area (Å²) in [5.74, 6) is 1.43. The molecule has 1 aliphatic rings. The summed E-state index contributed by atoms with van der Waals surface area (Å²) in [5.41, 5.74) is 4.63. The fourth-order valence-corrected chi connectivity index (χ4v) is 3.23. The zero-order valence-electron chi connectivity index (χ0n) is 16.6. The molecule has 0 radical (unpaired) electrons. The lowest BCUT2D eigenvalue weighted by atomic mass is 10.1. The van der Waals surface area contributed by atoms with Crippen LogP contribution in [0.15, 0.2) is 42.5 Å². The van der Waals surface area contributed by atoms with E-state index < -0.39 is 0 Å². The van der Waals surface area contributed by atoms with E-state index in [4.69, 9.17) is 9.47 Å². The lowest BCUT2D eigenvalue weighted by molar-refractivity contribution is 0.102. The molecule has 0 saturated carbocycles. The predicted molar refractivity (Wildman–Crippen MR) is 111 cm³/mol. The van der Waals surface area contributed by atoms with E-state index in [-0.39, 0.29) is 11.6 Å². The smallest absolute Gasteiger partial charge is 0.274 e. The van der Waals surface area contributed by atoms with Crippen molar-refractivity contribution in [3.05, 3.63) is 65.0 Å². The Morgan fingerprint density at radius 2 is 1.59 bits per heavy atom. The second kappa shape index (κ2) is 7.79. The highest BCUT2D eigenvalue weighted by molar-refractivity contribution is 6.03. The van der Waals surface area contributed by atoms with Gasteiger partial charge in [0.15, 0.2) is 11.5 Å². The quantitative estimate of drug-likeness (QED) is 0.695. The van der Waals surface area contributed by atoms with Crippen LogP contribution in [-0.4, -0.2) is 29.1 Å². The van der Waals surface area contributed by atoms with Crippen LogP contribution in [-0.2, 0) is 0 Å². The molecule has 148 valence electrons. The van der Waals surface area contributed by atoms with Gasteiger partial charge in [-0.05, 0) is 62.2 Å². The minimum Gasteiger partial charge on any atom is -0.486 e. The summed E-state index contributed by atoms with van der Waals surface area (Å²) in [5, 5.41) is 6.04. The molecular formula is C22H22N4O3. The maximum atomic E-state index is 12.7. The van der Waals surface area contributed by atoms with Crippen LogP contribution in [0.2, 0.25) is 0 Å². The van der Waals surface area contributed by atoms with Crippen molar-refractivity contribution in [3.63, 3.8) is 0 Å². The number of carbonyl (C=O) groups is 1. The van der Waals surface area contributed by atoms with Crippen molar-refractivity contribution in [1.82, 2.24) is 9.97 Å². The summed E-state index contributed by atoms with van der Waals surface area (Å²) in [6.07, 6.45) is 0. The van der Waals surface area contributed by atoms with Crippen LogP contribution in [0.3, 0.4) is 0 Å². The fraction of sp³-hybridized carbons (Fsp3) is 0.227. The highest BCUT2D eigenvalue weighted by Gasteiger charge is 2.14. The van der Waals surface area contributed by atoms with Crippen molar-refractivity contribution in [2.75, 3.05) is 23.8 Å². The molecular weight excluding hydrogens is 368 g/mol. The van der Waals surface area contributed by atoms with Crippen LogP contribution in [0.1, 0.15) is 27.3 Å².